The number of aryl methyl sites for hydroxylation is 1. The Morgan fingerprint density at radius 2 is 1.78 bits per heavy atom. The number of hydrogen-bond donors (Lipinski definition) is 0. The predicted octanol–water partition coefficient (Wildman–Crippen LogP) is 3.91. The zero-order valence-electron chi connectivity index (χ0n) is 15.0. The second-order valence-corrected chi connectivity index (χ2v) is 6.47. The Morgan fingerprint density at radius 1 is 1.11 bits per heavy atom. The molecule has 1 heterocycles. The molecule has 0 fully saturated rings. The Bertz CT molecular complexity index is 937. The number of carbonyl (C=O) groups is 1. The van der Waals surface area contributed by atoms with E-state index in [0.717, 1.165) is 4.90 Å². The number of hydrogen-bond acceptors (Lipinski definition) is 4. The van der Waals surface area contributed by atoms with Crippen molar-refractivity contribution in [2.24, 2.45) is 0 Å². The number of aromatic nitrogens is 2. The Hall–Kier alpha value is -2.35. The number of amides is 1. The van der Waals surface area contributed by atoms with E-state index in [0.29, 0.717) is 36.0 Å². The van der Waals surface area contributed by atoms with Crippen molar-refractivity contribution in [3.63, 3.8) is 0 Å². The lowest BCUT2D eigenvalue weighted by Gasteiger charge is -2.25. The molecule has 9 heteroatoms. The van der Waals surface area contributed by atoms with Gasteiger partial charge < -0.3 is 4.74 Å². The van der Waals surface area contributed by atoms with Crippen molar-refractivity contribution in [1.82, 2.24) is 9.97 Å². The molecule has 1 aromatic carbocycles. The van der Waals surface area contributed by atoms with Crippen molar-refractivity contribution in [3.8, 4) is 5.88 Å². The van der Waals surface area contributed by atoms with E-state index in [4.69, 9.17) is 16.3 Å². The second-order valence-electron chi connectivity index (χ2n) is 6.21. The number of rotatable bonds is 4. The van der Waals surface area contributed by atoms with E-state index in [1.807, 2.05) is 0 Å². The Balaban J connectivity index is 2.29. The van der Waals surface area contributed by atoms with Crippen LogP contribution in [0.25, 0.3) is 0 Å². The van der Waals surface area contributed by atoms with Crippen LogP contribution in [-0.2, 0) is 17.6 Å². The zero-order valence-corrected chi connectivity index (χ0v) is 15.8. The fraction of sp³-hybridized carbons (Fsp3) is 0.389. The second kappa shape index (κ2) is 7.34. The highest BCUT2D eigenvalue weighted by Gasteiger charge is 2.33. The van der Waals surface area contributed by atoms with Crippen LogP contribution in [0, 0.1) is 31.3 Å². The minimum absolute atomic E-state index is 0.107. The summed E-state index contributed by atoms with van der Waals surface area (Å²) in [6.07, 6.45) is 1.70. The molecule has 0 spiro atoms. The molecule has 0 aliphatic heterocycles. The van der Waals surface area contributed by atoms with Gasteiger partial charge in [0.05, 0.1) is 18.5 Å². The summed E-state index contributed by atoms with van der Waals surface area (Å²) in [5, 5.41) is 0. The van der Waals surface area contributed by atoms with Crippen molar-refractivity contribution < 1.29 is 22.7 Å². The minimum Gasteiger partial charge on any atom is -0.479 e. The molecule has 0 saturated carbocycles. The van der Waals surface area contributed by atoms with Gasteiger partial charge >= 0.3 is 0 Å². The number of nitrogens with zero attached hydrogens (tertiary/aromatic N) is 3. The first-order chi connectivity index (χ1) is 12.8. The monoisotopic (exact) mass is 399 g/mol. The maximum atomic E-state index is 14.9. The van der Waals surface area contributed by atoms with Crippen LogP contribution >= 0.6 is 11.6 Å². The van der Waals surface area contributed by atoms with Crippen molar-refractivity contribution in [1.29, 1.82) is 0 Å². The van der Waals surface area contributed by atoms with Crippen LogP contribution < -0.4 is 9.64 Å². The zero-order chi connectivity index (χ0) is 19.9. The van der Waals surface area contributed by atoms with Crippen molar-refractivity contribution in [2.45, 2.75) is 33.1 Å². The molecular weight excluding hydrogens is 383 g/mol. The number of alkyl halides is 1. The lowest BCUT2D eigenvalue weighted by Crippen LogP contribution is -2.31. The maximum Gasteiger partial charge on any atom is 0.255 e. The van der Waals surface area contributed by atoms with Crippen LogP contribution in [0.1, 0.15) is 28.8 Å². The van der Waals surface area contributed by atoms with Crippen LogP contribution in [0.3, 0.4) is 0 Å². The summed E-state index contributed by atoms with van der Waals surface area (Å²) in [6, 6.07) is 0. The molecule has 0 atom stereocenters. The summed E-state index contributed by atoms with van der Waals surface area (Å²) in [6.45, 7) is 2.95. The van der Waals surface area contributed by atoms with Gasteiger partial charge in [-0.1, -0.05) is 0 Å². The number of ether oxygens (including phenoxy) is 1. The van der Waals surface area contributed by atoms with Crippen LogP contribution in [0.2, 0.25) is 0 Å². The van der Waals surface area contributed by atoms with Crippen LogP contribution in [-0.4, -0.2) is 28.9 Å². The fourth-order valence-corrected chi connectivity index (χ4v) is 3.48. The van der Waals surface area contributed by atoms with Gasteiger partial charge in [-0.3, -0.25) is 4.79 Å². The van der Waals surface area contributed by atoms with Gasteiger partial charge in [0.15, 0.2) is 11.6 Å². The average molecular weight is 400 g/mol. The minimum atomic E-state index is -1.18. The molecule has 1 aliphatic carbocycles. The molecule has 0 radical (unpaired) electrons. The van der Waals surface area contributed by atoms with E-state index in [2.05, 4.69) is 9.97 Å². The molecular formula is C18H17ClF3N3O2. The van der Waals surface area contributed by atoms with E-state index < -0.39 is 35.1 Å². The first-order valence-electron chi connectivity index (χ1n) is 8.28. The summed E-state index contributed by atoms with van der Waals surface area (Å²) in [5.41, 5.74) is 0.961. The van der Waals surface area contributed by atoms with Crippen LogP contribution in [0.4, 0.5) is 24.8 Å². The quantitative estimate of drug-likeness (QED) is 0.731. The van der Waals surface area contributed by atoms with E-state index in [-0.39, 0.29) is 17.3 Å². The molecule has 1 amide bonds. The van der Waals surface area contributed by atoms with E-state index in [1.165, 1.54) is 14.0 Å². The first kappa shape index (κ1) is 19.4. The van der Waals surface area contributed by atoms with Crippen molar-refractivity contribution in [3.05, 3.63) is 39.8 Å². The van der Waals surface area contributed by atoms with Gasteiger partial charge in [0.2, 0.25) is 17.7 Å². The third-order valence-corrected chi connectivity index (χ3v) is 4.88. The van der Waals surface area contributed by atoms with E-state index in [9.17, 15) is 18.0 Å². The van der Waals surface area contributed by atoms with E-state index >= 15 is 0 Å². The smallest absolute Gasteiger partial charge is 0.255 e. The van der Waals surface area contributed by atoms with E-state index in [1.54, 1.807) is 6.92 Å². The molecule has 3 rings (SSSR count). The summed E-state index contributed by atoms with van der Waals surface area (Å²) in [7, 11) is 1.20. The molecule has 0 unspecified atom stereocenters. The standard InChI is InChI=1S/C18H17ClF3N3O2/c1-8-10-5-4-6-11(10)14(21)15(22)16(8)25(12(26)7-19)18-23-9(2)13(20)17(24-18)27-3/h4-7H2,1-3H3. The molecule has 0 saturated heterocycles. The molecule has 27 heavy (non-hydrogen) atoms. The normalized spacial score (nSPS) is 12.9. The lowest BCUT2D eigenvalue weighted by molar-refractivity contribution is -0.115. The lowest BCUT2D eigenvalue weighted by atomic mass is 10.0. The summed E-state index contributed by atoms with van der Waals surface area (Å²) in [5.74, 6) is -5.04. The highest BCUT2D eigenvalue weighted by atomic mass is 35.5. The van der Waals surface area contributed by atoms with Gasteiger partial charge in [-0.25, -0.2) is 18.7 Å². The molecule has 0 N–H and O–H groups in total. The Morgan fingerprint density at radius 3 is 2.41 bits per heavy atom. The molecule has 1 aromatic heterocycles. The number of methoxy groups -OCH3 is 1. The Kier molecular flexibility index (Phi) is 5.28. The first-order valence-corrected chi connectivity index (χ1v) is 8.81. The van der Waals surface area contributed by atoms with Crippen molar-refractivity contribution >= 4 is 29.1 Å². The Labute approximate surface area is 159 Å². The maximum absolute atomic E-state index is 14.9. The number of benzene rings is 1. The number of carbonyl (C=O) groups excluding carboxylic acids is 1. The van der Waals surface area contributed by atoms with Gasteiger partial charge in [-0.15, -0.1) is 11.6 Å². The van der Waals surface area contributed by atoms with Gasteiger partial charge in [0, 0.05) is 0 Å². The third-order valence-electron chi connectivity index (χ3n) is 4.65. The summed E-state index contributed by atoms with van der Waals surface area (Å²) < 4.78 is 48.4. The van der Waals surface area contributed by atoms with Gasteiger partial charge in [-0.05, 0) is 49.8 Å². The summed E-state index contributed by atoms with van der Waals surface area (Å²) >= 11 is 5.68. The molecule has 0 bridgehead atoms. The fourth-order valence-electron chi connectivity index (χ4n) is 3.36. The number of halogens is 4. The number of fused-ring (bicyclic) bond motifs is 1. The molecule has 1 aliphatic rings. The third kappa shape index (κ3) is 3.12. The van der Waals surface area contributed by atoms with Gasteiger partial charge in [-0.2, -0.15) is 9.37 Å². The van der Waals surface area contributed by atoms with Crippen LogP contribution in [0.15, 0.2) is 0 Å². The van der Waals surface area contributed by atoms with Crippen molar-refractivity contribution in [2.75, 3.05) is 17.9 Å². The highest BCUT2D eigenvalue weighted by molar-refractivity contribution is 6.30. The average Bonchev–Trinajstić information content (AvgIpc) is 3.15. The molecule has 2 aromatic rings. The molecule has 144 valence electrons. The predicted molar refractivity (Wildman–Crippen MR) is 94.3 cm³/mol. The number of anilines is 2. The summed E-state index contributed by atoms with van der Waals surface area (Å²) in [4.78, 5) is 21.1. The molecule has 5 nitrogen and oxygen atoms in total. The topological polar surface area (TPSA) is 55.3 Å². The van der Waals surface area contributed by atoms with Crippen LogP contribution in [0.5, 0.6) is 5.88 Å². The van der Waals surface area contributed by atoms with Gasteiger partial charge in [0.1, 0.15) is 5.88 Å². The SMILES string of the molecule is COc1nc(N(C(=O)CCl)c2c(C)c3c(c(F)c2F)CCC3)nc(C)c1F. The highest BCUT2D eigenvalue weighted by Crippen LogP contribution is 2.39. The van der Waals surface area contributed by atoms with Gasteiger partial charge in [0.25, 0.3) is 5.88 Å². The largest absolute Gasteiger partial charge is 0.479 e.